The number of ether oxygens (including phenoxy) is 2. The molecule has 0 aliphatic carbocycles. The molecule has 2 aliphatic heterocycles. The predicted molar refractivity (Wildman–Crippen MR) is 208 cm³/mol. The Bertz CT molecular complexity index is 2000. The highest BCUT2D eigenvalue weighted by molar-refractivity contribution is 5.83. The van der Waals surface area contributed by atoms with E-state index in [-0.39, 0.29) is 18.6 Å². The first kappa shape index (κ1) is 36.0. The van der Waals surface area contributed by atoms with Crippen LogP contribution < -0.4 is 10.6 Å². The average Bonchev–Trinajstić information content (AvgIpc) is 3.75. The van der Waals surface area contributed by atoms with E-state index in [0.29, 0.717) is 48.4 Å². The van der Waals surface area contributed by atoms with Gasteiger partial charge in [0.1, 0.15) is 24.1 Å². The van der Waals surface area contributed by atoms with Crippen LogP contribution in [-0.2, 0) is 15.9 Å². The fraction of sp³-hybridized carbons (Fsp3) is 0.326. The molecule has 54 heavy (non-hydrogen) atoms. The molecular weight excluding hydrogens is 679 g/mol. The van der Waals surface area contributed by atoms with Gasteiger partial charge in [0.25, 0.3) is 0 Å². The summed E-state index contributed by atoms with van der Waals surface area (Å²) < 4.78 is 13.0. The number of hydrogen-bond acceptors (Lipinski definition) is 10. The Balaban J connectivity index is 1.02. The number of methoxy groups -OCH3 is 1. The minimum atomic E-state index is -1.18. The highest BCUT2D eigenvalue weighted by Gasteiger charge is 2.44. The Morgan fingerprint density at radius 2 is 1.35 bits per heavy atom. The summed E-state index contributed by atoms with van der Waals surface area (Å²) in [7, 11) is 1.54. The van der Waals surface area contributed by atoms with E-state index in [9.17, 15) is 10.2 Å². The molecule has 278 valence electrons. The number of rotatable bonds is 15. The van der Waals surface area contributed by atoms with Crippen LogP contribution in [0.5, 0.6) is 0 Å². The molecule has 0 saturated carbocycles. The molecule has 2 saturated heterocycles. The number of likely N-dealkylation sites (tertiary alicyclic amines) is 1. The highest BCUT2D eigenvalue weighted by Crippen LogP contribution is 2.34. The zero-order valence-corrected chi connectivity index (χ0v) is 30.4. The van der Waals surface area contributed by atoms with Crippen LogP contribution in [0.15, 0.2) is 128 Å². The number of anilines is 1. The normalized spacial score (nSPS) is 20.5. The lowest BCUT2D eigenvalue weighted by Crippen LogP contribution is -2.59. The van der Waals surface area contributed by atoms with Gasteiger partial charge in [0, 0.05) is 51.7 Å². The predicted octanol–water partition coefficient (Wildman–Crippen LogP) is 4.94. The number of imidazole rings is 1. The van der Waals surface area contributed by atoms with Crippen molar-refractivity contribution in [1.82, 2.24) is 29.7 Å². The van der Waals surface area contributed by atoms with Gasteiger partial charge >= 0.3 is 0 Å². The van der Waals surface area contributed by atoms with E-state index in [1.807, 2.05) is 12.1 Å². The van der Waals surface area contributed by atoms with Crippen molar-refractivity contribution in [2.24, 2.45) is 0 Å². The van der Waals surface area contributed by atoms with Crippen molar-refractivity contribution < 1.29 is 19.7 Å². The van der Waals surface area contributed by atoms with Crippen molar-refractivity contribution in [1.29, 1.82) is 0 Å². The lowest BCUT2D eigenvalue weighted by Gasteiger charge is -2.45. The van der Waals surface area contributed by atoms with Crippen LogP contribution in [0.4, 0.5) is 5.82 Å². The minimum Gasteiger partial charge on any atom is -0.387 e. The van der Waals surface area contributed by atoms with Crippen molar-refractivity contribution in [2.75, 3.05) is 45.2 Å². The second-order valence-electron chi connectivity index (χ2n) is 14.1. The average molecular weight is 726 g/mol. The Morgan fingerprint density at radius 3 is 1.93 bits per heavy atom. The number of hydrogen-bond donors (Lipinski definition) is 4. The van der Waals surface area contributed by atoms with Gasteiger partial charge in [-0.25, -0.2) is 15.0 Å². The molecule has 4 N–H and O–H groups in total. The zero-order chi connectivity index (χ0) is 36.9. The molecule has 2 aliphatic rings. The van der Waals surface area contributed by atoms with E-state index in [2.05, 4.69) is 125 Å². The molecule has 2 aromatic heterocycles. The number of nitrogens with zero attached hydrogens (tertiary/aromatic N) is 5. The van der Waals surface area contributed by atoms with Crippen molar-refractivity contribution in [2.45, 2.75) is 49.0 Å². The van der Waals surface area contributed by atoms with Crippen molar-refractivity contribution in [3.05, 3.63) is 156 Å². The van der Waals surface area contributed by atoms with Gasteiger partial charge in [0.15, 0.2) is 23.2 Å². The molecule has 4 unspecified atom stereocenters. The monoisotopic (exact) mass is 725 g/mol. The van der Waals surface area contributed by atoms with Crippen molar-refractivity contribution in [3.8, 4) is 0 Å². The molecule has 0 bridgehead atoms. The first-order chi connectivity index (χ1) is 26.6. The lowest BCUT2D eigenvalue weighted by molar-refractivity contribution is -0.0580. The van der Waals surface area contributed by atoms with E-state index in [1.54, 1.807) is 10.9 Å². The maximum absolute atomic E-state index is 11.0. The van der Waals surface area contributed by atoms with E-state index in [4.69, 9.17) is 24.4 Å². The smallest absolute Gasteiger partial charge is 0.167 e. The van der Waals surface area contributed by atoms with Gasteiger partial charge in [-0.05, 0) is 22.3 Å². The fourth-order valence-electron chi connectivity index (χ4n) is 7.77. The third kappa shape index (κ3) is 7.65. The van der Waals surface area contributed by atoms with Crippen LogP contribution in [0.25, 0.3) is 11.2 Å². The summed E-state index contributed by atoms with van der Waals surface area (Å²) in [4.78, 5) is 17.2. The molecule has 11 nitrogen and oxygen atoms in total. The van der Waals surface area contributed by atoms with Gasteiger partial charge in [-0.1, -0.05) is 121 Å². The van der Waals surface area contributed by atoms with E-state index in [0.717, 1.165) is 13.1 Å². The molecule has 0 spiro atoms. The highest BCUT2D eigenvalue weighted by atomic mass is 16.6. The lowest BCUT2D eigenvalue weighted by atomic mass is 9.91. The van der Waals surface area contributed by atoms with Gasteiger partial charge in [-0.15, -0.1) is 0 Å². The van der Waals surface area contributed by atoms with Crippen LogP contribution in [-0.4, -0.2) is 98.9 Å². The second-order valence-corrected chi connectivity index (χ2v) is 14.1. The Kier molecular flexibility index (Phi) is 11.0. The topological polar surface area (TPSA) is 130 Å². The number of benzene rings is 4. The molecule has 2 fully saturated rings. The summed E-state index contributed by atoms with van der Waals surface area (Å²) in [5.74, 6) is 1.31. The maximum Gasteiger partial charge on any atom is 0.167 e. The molecular formula is C43H47N7O4. The Morgan fingerprint density at radius 1 is 0.778 bits per heavy atom. The molecule has 4 heterocycles. The molecule has 0 radical (unpaired) electrons. The quantitative estimate of drug-likeness (QED) is 0.116. The number of aliphatic hydroxyl groups excluding tert-OH is 2. The van der Waals surface area contributed by atoms with Crippen LogP contribution in [0.3, 0.4) is 0 Å². The first-order valence-corrected chi connectivity index (χ1v) is 18.7. The Labute approximate surface area is 315 Å². The van der Waals surface area contributed by atoms with Crippen LogP contribution >= 0.6 is 0 Å². The zero-order valence-electron chi connectivity index (χ0n) is 30.4. The minimum absolute atomic E-state index is 0.0618. The summed E-state index contributed by atoms with van der Waals surface area (Å²) in [5, 5.41) is 29.1. The van der Waals surface area contributed by atoms with Gasteiger partial charge in [-0.2, -0.15) is 0 Å². The summed E-state index contributed by atoms with van der Waals surface area (Å²) in [6.45, 7) is 3.26. The summed E-state index contributed by atoms with van der Waals surface area (Å²) in [6, 6.07) is 42.8. The van der Waals surface area contributed by atoms with E-state index in [1.165, 1.54) is 29.4 Å². The standard InChI is InChI=1S/C43H47N7O4/c1-53-27-35-39(51)40(52)43(54-35)50-28-46-37-41(45-24-34(29-14-6-2-7-15-29)30-16-8-3-9-17-30)47-36(48-42(37)50)22-23-44-33-25-49(26-33)38(31-18-10-4-11-19-31)32-20-12-5-13-21-32/h2-21,28,33-35,38-40,43-44,51-52H,22-27H2,1H3,(H,45,47,48). The van der Waals surface area contributed by atoms with E-state index >= 15 is 0 Å². The number of aliphatic hydroxyl groups is 2. The molecule has 0 amide bonds. The van der Waals surface area contributed by atoms with Crippen molar-refractivity contribution in [3.63, 3.8) is 0 Å². The van der Waals surface area contributed by atoms with Gasteiger partial charge < -0.3 is 30.3 Å². The van der Waals surface area contributed by atoms with Crippen LogP contribution in [0.1, 0.15) is 46.3 Å². The number of fused-ring (bicyclic) bond motifs is 1. The molecule has 8 rings (SSSR count). The largest absolute Gasteiger partial charge is 0.387 e. The van der Waals surface area contributed by atoms with Gasteiger partial charge in [0.2, 0.25) is 0 Å². The Hall–Kier alpha value is -5.01. The van der Waals surface area contributed by atoms with Crippen LogP contribution in [0, 0.1) is 0 Å². The third-order valence-electron chi connectivity index (χ3n) is 10.6. The SMILES string of the molecule is COCC1OC(n2cnc3c(NCC(c4ccccc4)c4ccccc4)nc(CCNC4CN(C(c5ccccc5)c5ccccc5)C4)nc32)C(O)C1O. The summed E-state index contributed by atoms with van der Waals surface area (Å²) in [6.07, 6.45) is -1.68. The van der Waals surface area contributed by atoms with Crippen molar-refractivity contribution >= 4 is 17.0 Å². The molecule has 11 heteroatoms. The molecule has 4 atom stereocenters. The van der Waals surface area contributed by atoms with Gasteiger partial charge in [-0.3, -0.25) is 9.47 Å². The summed E-state index contributed by atoms with van der Waals surface area (Å²) in [5.41, 5.74) is 6.05. The van der Waals surface area contributed by atoms with Gasteiger partial charge in [0.05, 0.1) is 19.0 Å². The molecule has 4 aromatic carbocycles. The van der Waals surface area contributed by atoms with Crippen LogP contribution in [0.2, 0.25) is 0 Å². The first-order valence-electron chi connectivity index (χ1n) is 18.7. The van der Waals surface area contributed by atoms with E-state index < -0.39 is 24.5 Å². The fourth-order valence-corrected chi connectivity index (χ4v) is 7.77. The second kappa shape index (κ2) is 16.6. The number of nitrogens with one attached hydrogen (secondary N) is 2. The third-order valence-corrected chi connectivity index (χ3v) is 10.6. The summed E-state index contributed by atoms with van der Waals surface area (Å²) >= 11 is 0. The maximum atomic E-state index is 11.0. The number of aromatic nitrogens is 4. The molecule has 6 aromatic rings.